The maximum atomic E-state index is 10.5. The van der Waals surface area contributed by atoms with Gasteiger partial charge in [0.05, 0.1) is 0 Å². The maximum absolute atomic E-state index is 10.5. The van der Waals surface area contributed by atoms with Gasteiger partial charge in [-0.1, -0.05) is 53.2 Å². The van der Waals surface area contributed by atoms with Gasteiger partial charge < -0.3 is 10.2 Å². The number of hydrogen-bond donors (Lipinski definition) is 2. The smallest absolute Gasteiger partial charge is 0.161 e. The SMILES string of the molecule is Cc1c(O)c(O)cc2c1C=CC1[C@@]2(C)CC[C@@]2(C)[C@@H]3C[C@@H](C)CC[C@]3(C)CC[C@]12C. The van der Waals surface area contributed by atoms with Gasteiger partial charge in [-0.2, -0.15) is 0 Å². The predicted octanol–water partition coefficient (Wildman–Crippen LogP) is 7.35. The fourth-order valence-corrected chi connectivity index (χ4v) is 8.87. The summed E-state index contributed by atoms with van der Waals surface area (Å²) in [6, 6.07) is 1.87. The zero-order chi connectivity index (χ0) is 21.7. The summed E-state index contributed by atoms with van der Waals surface area (Å²) in [5, 5.41) is 20.8. The number of aromatic hydroxyl groups is 2. The van der Waals surface area contributed by atoms with Gasteiger partial charge in [-0.15, -0.1) is 0 Å². The highest BCUT2D eigenvalue weighted by molar-refractivity contribution is 5.69. The Morgan fingerprint density at radius 1 is 0.933 bits per heavy atom. The van der Waals surface area contributed by atoms with Crippen molar-refractivity contribution in [3.8, 4) is 11.5 Å². The fourth-order valence-electron chi connectivity index (χ4n) is 8.87. The molecule has 4 aliphatic carbocycles. The molecule has 0 spiro atoms. The van der Waals surface area contributed by atoms with Crippen LogP contribution in [0, 0.1) is 40.9 Å². The number of phenols is 2. The van der Waals surface area contributed by atoms with Gasteiger partial charge in [0.15, 0.2) is 11.5 Å². The van der Waals surface area contributed by atoms with Crippen molar-refractivity contribution in [2.24, 2.45) is 34.0 Å². The summed E-state index contributed by atoms with van der Waals surface area (Å²) in [6.07, 6.45) is 14.0. The van der Waals surface area contributed by atoms with E-state index in [0.29, 0.717) is 16.7 Å². The van der Waals surface area contributed by atoms with E-state index in [0.717, 1.165) is 29.4 Å². The Balaban J connectivity index is 1.64. The lowest BCUT2D eigenvalue weighted by atomic mass is 9.34. The van der Waals surface area contributed by atoms with E-state index in [1.165, 1.54) is 44.1 Å². The van der Waals surface area contributed by atoms with Crippen LogP contribution in [0.5, 0.6) is 11.5 Å². The largest absolute Gasteiger partial charge is 0.504 e. The van der Waals surface area contributed by atoms with Crippen LogP contribution < -0.4 is 0 Å². The van der Waals surface area contributed by atoms with Crippen LogP contribution in [-0.4, -0.2) is 10.2 Å². The van der Waals surface area contributed by atoms with Crippen molar-refractivity contribution in [3.05, 3.63) is 28.8 Å². The Morgan fingerprint density at radius 2 is 1.63 bits per heavy atom. The van der Waals surface area contributed by atoms with E-state index in [2.05, 4.69) is 46.8 Å². The molecule has 0 aliphatic heterocycles. The zero-order valence-electron chi connectivity index (χ0n) is 19.8. The molecule has 1 unspecified atom stereocenters. The molecule has 0 amide bonds. The van der Waals surface area contributed by atoms with E-state index < -0.39 is 0 Å². The monoisotopic (exact) mass is 408 g/mol. The molecule has 7 atom stereocenters. The Hall–Kier alpha value is -1.44. The van der Waals surface area contributed by atoms with Gasteiger partial charge in [-0.05, 0) is 96.6 Å². The molecule has 0 radical (unpaired) electrons. The van der Waals surface area contributed by atoms with Crippen molar-refractivity contribution >= 4 is 6.08 Å². The lowest BCUT2D eigenvalue weighted by Crippen LogP contribution is -2.64. The molecule has 0 bridgehead atoms. The normalized spacial score (nSPS) is 47.1. The van der Waals surface area contributed by atoms with Gasteiger partial charge in [-0.25, -0.2) is 0 Å². The van der Waals surface area contributed by atoms with Gasteiger partial charge >= 0.3 is 0 Å². The lowest BCUT2D eigenvalue weighted by molar-refractivity contribution is -0.190. The molecular formula is C28H40O2. The Bertz CT molecular complexity index is 931. The summed E-state index contributed by atoms with van der Waals surface area (Å²) in [7, 11) is 0. The molecule has 5 rings (SSSR count). The van der Waals surface area contributed by atoms with E-state index >= 15 is 0 Å². The van der Waals surface area contributed by atoms with Crippen molar-refractivity contribution in [3.63, 3.8) is 0 Å². The Morgan fingerprint density at radius 3 is 2.37 bits per heavy atom. The van der Waals surface area contributed by atoms with Crippen LogP contribution in [0.4, 0.5) is 0 Å². The van der Waals surface area contributed by atoms with Crippen molar-refractivity contribution in [2.75, 3.05) is 0 Å². The summed E-state index contributed by atoms with van der Waals surface area (Å²) in [5.74, 6) is 2.21. The lowest BCUT2D eigenvalue weighted by Gasteiger charge is -2.70. The number of benzene rings is 1. The number of fused-ring (bicyclic) bond motifs is 7. The molecule has 3 fully saturated rings. The molecular weight excluding hydrogens is 368 g/mol. The third kappa shape index (κ3) is 2.32. The Labute approximate surface area is 182 Å². The predicted molar refractivity (Wildman–Crippen MR) is 124 cm³/mol. The molecule has 0 heterocycles. The molecule has 3 saturated carbocycles. The molecule has 164 valence electrons. The summed E-state index contributed by atoms with van der Waals surface area (Å²) in [4.78, 5) is 0. The van der Waals surface area contributed by atoms with Crippen LogP contribution in [-0.2, 0) is 5.41 Å². The molecule has 0 saturated heterocycles. The first-order valence-corrected chi connectivity index (χ1v) is 12.2. The van der Waals surface area contributed by atoms with E-state index in [1.54, 1.807) is 0 Å². The first-order valence-electron chi connectivity index (χ1n) is 12.2. The fraction of sp³-hybridized carbons (Fsp3) is 0.714. The minimum absolute atomic E-state index is 0.0162. The third-order valence-electron chi connectivity index (χ3n) is 11.2. The summed E-state index contributed by atoms with van der Waals surface area (Å²) < 4.78 is 0. The van der Waals surface area contributed by atoms with Crippen molar-refractivity contribution in [1.82, 2.24) is 0 Å². The van der Waals surface area contributed by atoms with Crippen molar-refractivity contribution in [2.45, 2.75) is 91.9 Å². The quantitative estimate of drug-likeness (QED) is 0.441. The molecule has 0 aromatic heterocycles. The average Bonchev–Trinajstić information content (AvgIpc) is 2.70. The second kappa shape index (κ2) is 6.08. The van der Waals surface area contributed by atoms with E-state index in [-0.39, 0.29) is 22.3 Å². The average molecular weight is 409 g/mol. The van der Waals surface area contributed by atoms with Crippen LogP contribution in [0.2, 0.25) is 0 Å². The number of phenolic OH excluding ortho intramolecular Hbond substituents is 2. The van der Waals surface area contributed by atoms with Gasteiger partial charge in [-0.3, -0.25) is 0 Å². The highest BCUT2D eigenvalue weighted by atomic mass is 16.3. The van der Waals surface area contributed by atoms with E-state index in [1.807, 2.05) is 13.0 Å². The zero-order valence-corrected chi connectivity index (χ0v) is 19.8. The first-order chi connectivity index (χ1) is 14.0. The first kappa shape index (κ1) is 20.5. The van der Waals surface area contributed by atoms with Crippen LogP contribution in [0.15, 0.2) is 12.1 Å². The number of allylic oxidation sites excluding steroid dienone is 1. The minimum Gasteiger partial charge on any atom is -0.504 e. The maximum Gasteiger partial charge on any atom is 0.161 e. The topological polar surface area (TPSA) is 40.5 Å². The van der Waals surface area contributed by atoms with Crippen LogP contribution in [0.3, 0.4) is 0 Å². The molecule has 1 aromatic carbocycles. The summed E-state index contributed by atoms with van der Waals surface area (Å²) >= 11 is 0. The van der Waals surface area contributed by atoms with Gasteiger partial charge in [0.25, 0.3) is 0 Å². The standard InChI is InChI=1S/C28H40O2/c1-17-9-10-25(3)11-13-27(5)22-8-7-19-18(2)24(30)21(29)16-20(19)26(22,4)12-14-28(27,6)23(25)15-17/h7-8,16-17,22-23,29-30H,9-15H2,1-6H3/t17-,22?,23+,25+,26-,27+,28-/m0/s1. The summed E-state index contributed by atoms with van der Waals surface area (Å²) in [6.45, 7) is 14.7. The molecule has 2 nitrogen and oxygen atoms in total. The van der Waals surface area contributed by atoms with Crippen LogP contribution in [0.1, 0.15) is 96.3 Å². The molecule has 1 aromatic rings. The second-order valence-electron chi connectivity index (χ2n) is 12.5. The number of rotatable bonds is 0. The third-order valence-corrected chi connectivity index (χ3v) is 11.2. The van der Waals surface area contributed by atoms with E-state index in [9.17, 15) is 10.2 Å². The van der Waals surface area contributed by atoms with Crippen molar-refractivity contribution in [1.29, 1.82) is 0 Å². The molecule has 2 heteroatoms. The highest BCUT2D eigenvalue weighted by Crippen LogP contribution is 2.74. The van der Waals surface area contributed by atoms with E-state index in [4.69, 9.17) is 0 Å². The van der Waals surface area contributed by atoms with Gasteiger partial charge in [0.1, 0.15) is 0 Å². The van der Waals surface area contributed by atoms with Crippen molar-refractivity contribution < 1.29 is 10.2 Å². The van der Waals surface area contributed by atoms with Gasteiger partial charge in [0, 0.05) is 11.0 Å². The number of hydrogen-bond acceptors (Lipinski definition) is 2. The molecule has 4 aliphatic rings. The Kier molecular flexibility index (Phi) is 4.15. The summed E-state index contributed by atoms with van der Waals surface area (Å²) in [5.41, 5.74) is 4.33. The molecule has 30 heavy (non-hydrogen) atoms. The minimum atomic E-state index is 0.0162. The van der Waals surface area contributed by atoms with Crippen LogP contribution >= 0.6 is 0 Å². The van der Waals surface area contributed by atoms with Gasteiger partial charge in [0.2, 0.25) is 0 Å². The second-order valence-corrected chi connectivity index (χ2v) is 12.5. The van der Waals surface area contributed by atoms with Crippen LogP contribution in [0.25, 0.3) is 6.08 Å². The highest BCUT2D eigenvalue weighted by Gasteiger charge is 2.66. The molecule has 2 N–H and O–H groups in total.